The van der Waals surface area contributed by atoms with Gasteiger partial charge in [0.05, 0.1) is 5.92 Å². The molecule has 1 saturated carbocycles. The van der Waals surface area contributed by atoms with E-state index in [9.17, 15) is 9.59 Å². The van der Waals surface area contributed by atoms with Gasteiger partial charge < -0.3 is 15.7 Å². The Morgan fingerprint density at radius 3 is 2.70 bits per heavy atom. The fourth-order valence-electron chi connectivity index (χ4n) is 2.17. The zero-order chi connectivity index (χ0) is 14.5. The minimum absolute atomic E-state index is 0.189. The van der Waals surface area contributed by atoms with E-state index in [1.54, 1.807) is 6.92 Å². The Morgan fingerprint density at radius 2 is 2.05 bits per heavy atom. The third-order valence-electron chi connectivity index (χ3n) is 3.62. The molecule has 5 heteroatoms. The third-order valence-corrected chi connectivity index (χ3v) is 3.62. The van der Waals surface area contributed by atoms with Crippen LogP contribution in [0, 0.1) is 5.92 Å². The van der Waals surface area contributed by atoms with Crippen LogP contribution in [-0.2, 0) is 4.79 Å². The number of carbonyl (C=O) groups excluding carboxylic acids is 1. The molecule has 108 valence electrons. The van der Waals surface area contributed by atoms with Crippen LogP contribution in [0.2, 0.25) is 0 Å². The minimum Gasteiger partial charge on any atom is -0.481 e. The van der Waals surface area contributed by atoms with Crippen LogP contribution in [0.15, 0.2) is 30.3 Å². The summed E-state index contributed by atoms with van der Waals surface area (Å²) in [5.74, 6) is -0.869. The van der Waals surface area contributed by atoms with Crippen LogP contribution >= 0.6 is 0 Å². The fourth-order valence-corrected chi connectivity index (χ4v) is 2.17. The Balaban J connectivity index is 1.66. The normalized spacial score (nSPS) is 21.9. The molecule has 2 amide bonds. The lowest BCUT2D eigenvalue weighted by Gasteiger charge is -2.09. The Labute approximate surface area is 118 Å². The number of carboxylic acids is 1. The second kappa shape index (κ2) is 6.41. The van der Waals surface area contributed by atoms with Crippen LogP contribution in [0.1, 0.15) is 31.2 Å². The van der Waals surface area contributed by atoms with Gasteiger partial charge >= 0.3 is 12.0 Å². The third kappa shape index (κ3) is 3.98. The van der Waals surface area contributed by atoms with E-state index in [0.29, 0.717) is 18.9 Å². The number of carbonyl (C=O) groups is 2. The van der Waals surface area contributed by atoms with Gasteiger partial charge in [-0.05, 0) is 18.4 Å². The van der Waals surface area contributed by atoms with Gasteiger partial charge in [-0.25, -0.2) is 4.79 Å². The average Bonchev–Trinajstić information content (AvgIpc) is 3.18. The molecule has 3 unspecified atom stereocenters. The van der Waals surface area contributed by atoms with Crippen molar-refractivity contribution >= 4 is 12.0 Å². The lowest BCUT2D eigenvalue weighted by atomic mass is 10.1. The zero-order valence-electron chi connectivity index (χ0n) is 11.5. The molecule has 0 spiro atoms. The maximum atomic E-state index is 11.7. The number of hydrogen-bond donors (Lipinski definition) is 3. The van der Waals surface area contributed by atoms with Gasteiger partial charge in [0.25, 0.3) is 0 Å². The number of carboxylic acid groups (broad SMARTS) is 1. The average molecular weight is 276 g/mol. The van der Waals surface area contributed by atoms with E-state index in [2.05, 4.69) is 22.8 Å². The highest BCUT2D eigenvalue weighted by Crippen LogP contribution is 2.40. The molecule has 5 nitrogen and oxygen atoms in total. The first kappa shape index (κ1) is 14.4. The van der Waals surface area contributed by atoms with Crippen molar-refractivity contribution in [3.63, 3.8) is 0 Å². The van der Waals surface area contributed by atoms with E-state index in [-0.39, 0.29) is 12.1 Å². The van der Waals surface area contributed by atoms with Crippen molar-refractivity contribution in [2.45, 2.75) is 31.7 Å². The first-order valence-electron chi connectivity index (χ1n) is 6.90. The standard InChI is InChI=1S/C15H20N2O3/c1-10(14(18)19)7-8-16-15(20)17-13-9-12(13)11-5-3-2-4-6-11/h2-6,10,12-13H,7-9H2,1H3,(H,18,19)(H2,16,17,20). The largest absolute Gasteiger partial charge is 0.481 e. The summed E-state index contributed by atoms with van der Waals surface area (Å²) in [6.07, 6.45) is 1.40. The van der Waals surface area contributed by atoms with Gasteiger partial charge in [0.1, 0.15) is 0 Å². The van der Waals surface area contributed by atoms with Crippen molar-refractivity contribution in [1.82, 2.24) is 10.6 Å². The number of aliphatic carboxylic acids is 1. The van der Waals surface area contributed by atoms with Gasteiger partial charge in [0, 0.05) is 18.5 Å². The van der Waals surface area contributed by atoms with E-state index < -0.39 is 11.9 Å². The summed E-state index contributed by atoms with van der Waals surface area (Å²) in [6, 6.07) is 10.1. The molecule has 0 aromatic heterocycles. The Kier molecular flexibility index (Phi) is 4.61. The predicted octanol–water partition coefficient (Wildman–Crippen LogP) is 1.95. The lowest BCUT2D eigenvalue weighted by molar-refractivity contribution is -0.141. The Morgan fingerprint density at radius 1 is 1.35 bits per heavy atom. The molecule has 1 aliphatic carbocycles. The van der Waals surface area contributed by atoms with Gasteiger partial charge in [-0.3, -0.25) is 4.79 Å². The molecule has 0 saturated heterocycles. The van der Waals surface area contributed by atoms with E-state index in [4.69, 9.17) is 5.11 Å². The van der Waals surface area contributed by atoms with Gasteiger partial charge in [-0.1, -0.05) is 37.3 Å². The van der Waals surface area contributed by atoms with E-state index in [1.807, 2.05) is 18.2 Å². The first-order chi connectivity index (χ1) is 9.58. The Hall–Kier alpha value is -2.04. The van der Waals surface area contributed by atoms with Crippen molar-refractivity contribution in [2.24, 2.45) is 5.92 Å². The number of urea groups is 1. The summed E-state index contributed by atoms with van der Waals surface area (Å²) in [4.78, 5) is 22.3. The Bertz CT molecular complexity index is 475. The molecule has 0 bridgehead atoms. The molecule has 2 rings (SSSR count). The highest BCUT2D eigenvalue weighted by Gasteiger charge is 2.39. The highest BCUT2D eigenvalue weighted by atomic mass is 16.4. The van der Waals surface area contributed by atoms with Crippen LogP contribution in [0.5, 0.6) is 0 Å². The van der Waals surface area contributed by atoms with Crippen LogP contribution in [0.25, 0.3) is 0 Å². The van der Waals surface area contributed by atoms with Crippen LogP contribution in [0.3, 0.4) is 0 Å². The molecule has 1 fully saturated rings. The summed E-state index contributed by atoms with van der Waals surface area (Å²) in [5, 5.41) is 14.3. The molecule has 1 aromatic carbocycles. The second-order valence-corrected chi connectivity index (χ2v) is 5.29. The maximum absolute atomic E-state index is 11.7. The number of nitrogens with one attached hydrogen (secondary N) is 2. The minimum atomic E-state index is -0.835. The zero-order valence-corrected chi connectivity index (χ0v) is 11.5. The monoisotopic (exact) mass is 276 g/mol. The molecule has 20 heavy (non-hydrogen) atoms. The molecule has 3 N–H and O–H groups in total. The van der Waals surface area contributed by atoms with Crippen molar-refractivity contribution in [3.8, 4) is 0 Å². The topological polar surface area (TPSA) is 78.4 Å². The molecular formula is C15H20N2O3. The number of amides is 2. The van der Waals surface area contributed by atoms with Crippen molar-refractivity contribution in [1.29, 1.82) is 0 Å². The molecule has 3 atom stereocenters. The van der Waals surface area contributed by atoms with E-state index in [1.165, 1.54) is 5.56 Å². The molecule has 1 aromatic rings. The SMILES string of the molecule is CC(CCNC(=O)NC1CC1c1ccccc1)C(=O)O. The number of hydrogen-bond acceptors (Lipinski definition) is 2. The second-order valence-electron chi connectivity index (χ2n) is 5.29. The van der Waals surface area contributed by atoms with E-state index >= 15 is 0 Å². The summed E-state index contributed by atoms with van der Waals surface area (Å²) in [7, 11) is 0. The quantitative estimate of drug-likeness (QED) is 0.743. The van der Waals surface area contributed by atoms with Gasteiger partial charge in [0.15, 0.2) is 0 Å². The molecular weight excluding hydrogens is 256 g/mol. The fraction of sp³-hybridized carbons (Fsp3) is 0.467. The first-order valence-corrected chi connectivity index (χ1v) is 6.90. The predicted molar refractivity (Wildman–Crippen MR) is 75.5 cm³/mol. The smallest absolute Gasteiger partial charge is 0.315 e. The number of rotatable bonds is 6. The number of benzene rings is 1. The summed E-state index contributed by atoms with van der Waals surface area (Å²) in [5.41, 5.74) is 1.25. The molecule has 0 aliphatic heterocycles. The summed E-state index contributed by atoms with van der Waals surface area (Å²) >= 11 is 0. The van der Waals surface area contributed by atoms with Crippen LogP contribution in [0.4, 0.5) is 4.79 Å². The van der Waals surface area contributed by atoms with Gasteiger partial charge in [-0.2, -0.15) is 0 Å². The lowest BCUT2D eigenvalue weighted by Crippen LogP contribution is -2.38. The van der Waals surface area contributed by atoms with Crippen molar-refractivity contribution in [3.05, 3.63) is 35.9 Å². The maximum Gasteiger partial charge on any atom is 0.315 e. The van der Waals surface area contributed by atoms with E-state index in [0.717, 1.165) is 6.42 Å². The summed E-state index contributed by atoms with van der Waals surface area (Å²) in [6.45, 7) is 2.01. The van der Waals surface area contributed by atoms with Gasteiger partial charge in [-0.15, -0.1) is 0 Å². The van der Waals surface area contributed by atoms with Crippen molar-refractivity contribution in [2.75, 3.05) is 6.54 Å². The summed E-state index contributed by atoms with van der Waals surface area (Å²) < 4.78 is 0. The van der Waals surface area contributed by atoms with Gasteiger partial charge in [0.2, 0.25) is 0 Å². The molecule has 1 aliphatic rings. The van der Waals surface area contributed by atoms with Crippen LogP contribution < -0.4 is 10.6 Å². The van der Waals surface area contributed by atoms with Crippen molar-refractivity contribution < 1.29 is 14.7 Å². The molecule has 0 heterocycles. The highest BCUT2D eigenvalue weighted by molar-refractivity contribution is 5.75. The molecule has 0 radical (unpaired) electrons. The van der Waals surface area contributed by atoms with Crippen LogP contribution in [-0.4, -0.2) is 29.7 Å².